The first kappa shape index (κ1) is 28.3. The average molecular weight is 592 g/mol. The largest absolute Gasteiger partial charge is 0.463 e. The quantitative estimate of drug-likeness (QED) is 0.207. The molecule has 1 saturated carbocycles. The molecule has 9 nitrogen and oxygen atoms in total. The van der Waals surface area contributed by atoms with Gasteiger partial charge in [-0.2, -0.15) is 5.10 Å². The molecule has 0 spiro atoms. The number of nitrogens with zero attached hydrogens (tertiary/aromatic N) is 4. The molecule has 1 aromatic carbocycles. The van der Waals surface area contributed by atoms with Crippen LogP contribution in [-0.4, -0.2) is 43.4 Å². The van der Waals surface area contributed by atoms with Crippen molar-refractivity contribution >= 4 is 34.7 Å². The van der Waals surface area contributed by atoms with E-state index >= 15 is 0 Å². The minimum atomic E-state index is -1.62. The van der Waals surface area contributed by atoms with E-state index in [2.05, 4.69) is 15.4 Å². The van der Waals surface area contributed by atoms with Crippen LogP contribution in [0, 0.1) is 17.6 Å². The van der Waals surface area contributed by atoms with Crippen LogP contribution >= 0.6 is 22.9 Å². The lowest BCUT2D eigenvalue weighted by Crippen LogP contribution is -2.38. The number of aliphatic imine (C=N–C) groups is 1. The number of amidine groups is 1. The number of thiazole rings is 1. The zero-order valence-electron chi connectivity index (χ0n) is 21.8. The average Bonchev–Trinajstić information content (AvgIpc) is 3.62. The summed E-state index contributed by atoms with van der Waals surface area (Å²) in [5.74, 6) is -2.55. The smallest absolute Gasteiger partial charge is 0.338 e. The number of aryl methyl sites for hydroxylation is 1. The first-order valence-corrected chi connectivity index (χ1v) is 14.1. The third-order valence-electron chi connectivity index (χ3n) is 7.32. The molecule has 0 bridgehead atoms. The number of carbonyl (C=O) groups is 1. The third-order valence-corrected chi connectivity index (χ3v) is 8.48. The van der Waals surface area contributed by atoms with Crippen molar-refractivity contribution in [1.29, 1.82) is 0 Å². The number of halogens is 3. The minimum absolute atomic E-state index is 0.0914. The van der Waals surface area contributed by atoms with E-state index in [1.54, 1.807) is 31.6 Å². The van der Waals surface area contributed by atoms with Gasteiger partial charge in [-0.3, -0.25) is 9.67 Å². The van der Waals surface area contributed by atoms with Gasteiger partial charge >= 0.3 is 5.97 Å². The second kappa shape index (κ2) is 11.7. The van der Waals surface area contributed by atoms with Crippen molar-refractivity contribution in [2.45, 2.75) is 50.9 Å². The predicted molar refractivity (Wildman–Crippen MR) is 145 cm³/mol. The predicted octanol–water partition coefficient (Wildman–Crippen LogP) is 4.67. The Morgan fingerprint density at radius 3 is 2.60 bits per heavy atom. The van der Waals surface area contributed by atoms with E-state index in [-0.39, 0.29) is 29.6 Å². The number of benzene rings is 1. The first-order chi connectivity index (χ1) is 19.2. The van der Waals surface area contributed by atoms with E-state index in [9.17, 15) is 23.8 Å². The SMILES string of the molecule is CCOC(=O)C1=C(C2CCC(c3cc(C(O)O)n(C)n3)CC2)NC(c2nccs2)=NC1c1ccc(F)c(F)c1Cl. The number of carbonyl (C=O) groups excluding carboxylic acids is 1. The van der Waals surface area contributed by atoms with E-state index in [1.807, 2.05) is 0 Å². The molecule has 1 aliphatic heterocycles. The lowest BCUT2D eigenvalue weighted by molar-refractivity contribution is -0.139. The Morgan fingerprint density at radius 1 is 1.25 bits per heavy atom. The molecule has 2 aromatic heterocycles. The van der Waals surface area contributed by atoms with Gasteiger partial charge in [0, 0.05) is 35.8 Å². The first-order valence-electron chi connectivity index (χ1n) is 12.9. The molecule has 40 heavy (non-hydrogen) atoms. The van der Waals surface area contributed by atoms with Gasteiger partial charge in [0.2, 0.25) is 0 Å². The van der Waals surface area contributed by atoms with E-state index in [1.165, 1.54) is 22.1 Å². The van der Waals surface area contributed by atoms with Gasteiger partial charge in [0.1, 0.15) is 6.04 Å². The molecule has 1 unspecified atom stereocenters. The van der Waals surface area contributed by atoms with Gasteiger partial charge in [-0.25, -0.2) is 18.6 Å². The number of allylic oxidation sites excluding steroid dienone is 1. The monoisotopic (exact) mass is 591 g/mol. The highest BCUT2D eigenvalue weighted by Crippen LogP contribution is 2.44. The number of aliphatic hydroxyl groups is 2. The Bertz CT molecular complexity index is 1470. The van der Waals surface area contributed by atoms with Gasteiger partial charge in [0.15, 0.2) is 28.8 Å². The summed E-state index contributed by atoms with van der Waals surface area (Å²) < 4.78 is 35.4. The summed E-state index contributed by atoms with van der Waals surface area (Å²) >= 11 is 7.62. The zero-order chi connectivity index (χ0) is 28.6. The number of aliphatic hydroxyl groups excluding tert-OH is 1. The Balaban J connectivity index is 1.54. The molecule has 3 heterocycles. The van der Waals surface area contributed by atoms with Crippen LogP contribution in [0.25, 0.3) is 0 Å². The fraction of sp³-hybridized carbons (Fsp3) is 0.407. The van der Waals surface area contributed by atoms with E-state index in [4.69, 9.17) is 21.3 Å². The molecule has 13 heteroatoms. The third kappa shape index (κ3) is 5.40. The molecule has 0 saturated heterocycles. The molecule has 212 valence electrons. The molecular formula is C27H28ClF2N5O4S. The maximum absolute atomic E-state index is 14.6. The Hall–Kier alpha value is -3.19. The summed E-state index contributed by atoms with van der Waals surface area (Å²) in [5, 5.41) is 28.9. The van der Waals surface area contributed by atoms with Crippen LogP contribution in [0.1, 0.15) is 72.8 Å². The van der Waals surface area contributed by atoms with Crippen LogP contribution in [-0.2, 0) is 16.6 Å². The van der Waals surface area contributed by atoms with E-state index in [0.717, 1.165) is 24.6 Å². The molecular weight excluding hydrogens is 564 g/mol. The van der Waals surface area contributed by atoms with Crippen molar-refractivity contribution in [3.05, 3.63) is 79.7 Å². The lowest BCUT2D eigenvalue weighted by atomic mass is 9.77. The van der Waals surface area contributed by atoms with Crippen LogP contribution in [0.2, 0.25) is 5.02 Å². The fourth-order valence-corrected chi connectivity index (χ4v) is 6.21. The van der Waals surface area contributed by atoms with Crippen LogP contribution in [0.3, 0.4) is 0 Å². The summed E-state index contributed by atoms with van der Waals surface area (Å²) in [7, 11) is 1.66. The Morgan fingerprint density at radius 2 is 1.98 bits per heavy atom. The number of hydrogen-bond donors (Lipinski definition) is 3. The molecule has 3 aromatic rings. The highest BCUT2D eigenvalue weighted by atomic mass is 35.5. The number of hydrogen-bond acceptors (Lipinski definition) is 9. The summed E-state index contributed by atoms with van der Waals surface area (Å²) in [6.07, 6.45) is 2.81. The van der Waals surface area contributed by atoms with Gasteiger partial charge in [-0.05, 0) is 50.7 Å². The van der Waals surface area contributed by atoms with Gasteiger partial charge in [-0.15, -0.1) is 11.3 Å². The van der Waals surface area contributed by atoms with Gasteiger partial charge < -0.3 is 20.3 Å². The van der Waals surface area contributed by atoms with Crippen molar-refractivity contribution in [3.63, 3.8) is 0 Å². The van der Waals surface area contributed by atoms with Crippen molar-refractivity contribution < 1.29 is 28.5 Å². The van der Waals surface area contributed by atoms with Crippen LogP contribution < -0.4 is 5.32 Å². The molecule has 0 amide bonds. The molecule has 2 aliphatic rings. The maximum atomic E-state index is 14.6. The van der Waals surface area contributed by atoms with Crippen LogP contribution in [0.5, 0.6) is 0 Å². The second-order valence-electron chi connectivity index (χ2n) is 9.69. The summed E-state index contributed by atoms with van der Waals surface area (Å²) in [6, 6.07) is 2.96. The number of rotatable bonds is 7. The van der Waals surface area contributed by atoms with Crippen molar-refractivity contribution in [3.8, 4) is 0 Å². The highest BCUT2D eigenvalue weighted by Gasteiger charge is 2.39. The normalized spacial score (nSPS) is 21.4. The van der Waals surface area contributed by atoms with Crippen LogP contribution in [0.4, 0.5) is 8.78 Å². The number of ether oxygens (including phenoxy) is 1. The highest BCUT2D eigenvalue weighted by molar-refractivity contribution is 7.11. The fourth-order valence-electron chi connectivity index (χ4n) is 5.37. The number of esters is 1. The summed E-state index contributed by atoms with van der Waals surface area (Å²) in [5.41, 5.74) is 2.03. The molecule has 5 rings (SSSR count). The lowest BCUT2D eigenvalue weighted by Gasteiger charge is -2.35. The van der Waals surface area contributed by atoms with Gasteiger partial charge in [0.25, 0.3) is 0 Å². The van der Waals surface area contributed by atoms with Crippen LogP contribution in [0.15, 0.2) is 46.0 Å². The number of aromatic nitrogens is 3. The summed E-state index contributed by atoms with van der Waals surface area (Å²) in [6.45, 7) is 1.80. The molecule has 1 aliphatic carbocycles. The van der Waals surface area contributed by atoms with E-state index < -0.39 is 35.0 Å². The molecule has 1 fully saturated rings. The van der Waals surface area contributed by atoms with Gasteiger partial charge in [0.05, 0.1) is 28.6 Å². The van der Waals surface area contributed by atoms with Crippen molar-refractivity contribution in [2.75, 3.05) is 6.61 Å². The van der Waals surface area contributed by atoms with Crippen molar-refractivity contribution in [2.24, 2.45) is 18.0 Å². The van der Waals surface area contributed by atoms with E-state index in [0.29, 0.717) is 35.1 Å². The Labute approximate surface area is 238 Å². The zero-order valence-corrected chi connectivity index (χ0v) is 23.3. The molecule has 1 atom stereocenters. The van der Waals surface area contributed by atoms with Crippen molar-refractivity contribution in [1.82, 2.24) is 20.1 Å². The maximum Gasteiger partial charge on any atom is 0.338 e. The topological polar surface area (TPSA) is 122 Å². The Kier molecular flexibility index (Phi) is 8.31. The molecule has 0 radical (unpaired) electrons. The minimum Gasteiger partial charge on any atom is -0.463 e. The second-order valence-corrected chi connectivity index (χ2v) is 11.0. The van der Waals surface area contributed by atoms with Gasteiger partial charge in [-0.1, -0.05) is 17.7 Å². The standard InChI is InChI=1S/C27H28ClF2N5O4S/c1-3-39-27(38)19-22(14-6-4-13(5-7-14)17-12-18(26(36)37)35(2)34-17)32-24(25-31-10-11-40-25)33-23(19)15-8-9-16(29)21(30)20(15)28/h8-14,23,26,36-37H,3-7H2,1-2H3,(H,32,33). The molecule has 3 N–H and O–H groups in total. The summed E-state index contributed by atoms with van der Waals surface area (Å²) in [4.78, 5) is 22.5. The number of nitrogens with one attached hydrogen (secondary N) is 1.